The standard InChI is InChI=1S/C19H19FN4OS/c1-13(14-6-4-3-5-7-14)21-17(25)12-26-19-23-22-18(24(19)2)15-8-10-16(20)11-9-15/h3-11,13H,12H2,1-2H3,(H,21,25)/t13-/m1/s1. The van der Waals surface area contributed by atoms with Gasteiger partial charge in [-0.2, -0.15) is 0 Å². The van der Waals surface area contributed by atoms with Gasteiger partial charge < -0.3 is 9.88 Å². The summed E-state index contributed by atoms with van der Waals surface area (Å²) in [7, 11) is 1.82. The molecule has 3 rings (SSSR count). The Balaban J connectivity index is 1.60. The summed E-state index contributed by atoms with van der Waals surface area (Å²) >= 11 is 1.31. The predicted molar refractivity (Wildman–Crippen MR) is 100 cm³/mol. The molecule has 0 saturated carbocycles. The number of thioether (sulfide) groups is 1. The molecule has 1 atom stereocenters. The lowest BCUT2D eigenvalue weighted by atomic mass is 10.1. The quantitative estimate of drug-likeness (QED) is 0.674. The minimum Gasteiger partial charge on any atom is -0.349 e. The van der Waals surface area contributed by atoms with Crippen molar-refractivity contribution in [1.29, 1.82) is 0 Å². The number of amides is 1. The van der Waals surface area contributed by atoms with Gasteiger partial charge in [0.1, 0.15) is 5.82 Å². The lowest BCUT2D eigenvalue weighted by Crippen LogP contribution is -2.28. The first-order chi connectivity index (χ1) is 12.5. The summed E-state index contributed by atoms with van der Waals surface area (Å²) in [5.41, 5.74) is 1.83. The van der Waals surface area contributed by atoms with Gasteiger partial charge in [-0.25, -0.2) is 4.39 Å². The first-order valence-corrected chi connectivity index (χ1v) is 9.15. The van der Waals surface area contributed by atoms with Crippen molar-refractivity contribution in [1.82, 2.24) is 20.1 Å². The number of hydrogen-bond acceptors (Lipinski definition) is 4. The van der Waals surface area contributed by atoms with Gasteiger partial charge in [0.2, 0.25) is 5.91 Å². The second-order valence-corrected chi connectivity index (χ2v) is 6.80. The predicted octanol–water partition coefficient (Wildman–Crippen LogP) is 3.59. The van der Waals surface area contributed by atoms with Crippen molar-refractivity contribution in [2.45, 2.75) is 18.1 Å². The van der Waals surface area contributed by atoms with Crippen LogP contribution in [0.4, 0.5) is 4.39 Å². The Morgan fingerprint density at radius 1 is 1.15 bits per heavy atom. The van der Waals surface area contributed by atoms with Crippen LogP contribution < -0.4 is 5.32 Å². The second kappa shape index (κ2) is 8.14. The number of rotatable bonds is 6. The van der Waals surface area contributed by atoms with E-state index in [1.165, 1.54) is 23.9 Å². The van der Waals surface area contributed by atoms with E-state index >= 15 is 0 Å². The van der Waals surface area contributed by atoms with Crippen molar-refractivity contribution in [3.05, 3.63) is 66.0 Å². The molecule has 0 aliphatic rings. The molecule has 3 aromatic rings. The molecular formula is C19H19FN4OS. The van der Waals surface area contributed by atoms with Crippen molar-refractivity contribution < 1.29 is 9.18 Å². The number of halogens is 1. The van der Waals surface area contributed by atoms with Crippen molar-refractivity contribution in [3.63, 3.8) is 0 Å². The highest BCUT2D eigenvalue weighted by molar-refractivity contribution is 7.99. The molecule has 5 nitrogen and oxygen atoms in total. The van der Waals surface area contributed by atoms with E-state index in [4.69, 9.17) is 0 Å². The number of carbonyl (C=O) groups excluding carboxylic acids is 1. The zero-order chi connectivity index (χ0) is 18.5. The van der Waals surface area contributed by atoms with Crippen LogP contribution >= 0.6 is 11.8 Å². The van der Waals surface area contributed by atoms with Crippen LogP contribution in [0, 0.1) is 5.82 Å². The van der Waals surface area contributed by atoms with Crippen LogP contribution in [0.5, 0.6) is 0 Å². The molecule has 1 heterocycles. The normalized spacial score (nSPS) is 12.0. The zero-order valence-electron chi connectivity index (χ0n) is 14.5. The Bertz CT molecular complexity index is 880. The van der Waals surface area contributed by atoms with Crippen LogP contribution in [0.15, 0.2) is 59.8 Å². The maximum absolute atomic E-state index is 13.1. The molecule has 1 N–H and O–H groups in total. The van der Waals surface area contributed by atoms with Gasteiger partial charge in [0, 0.05) is 12.6 Å². The summed E-state index contributed by atoms with van der Waals surface area (Å²) in [6.45, 7) is 1.95. The molecule has 0 spiro atoms. The van der Waals surface area contributed by atoms with Crippen LogP contribution in [0.25, 0.3) is 11.4 Å². The minimum atomic E-state index is -0.297. The van der Waals surface area contributed by atoms with E-state index in [9.17, 15) is 9.18 Å². The Hall–Kier alpha value is -2.67. The number of nitrogens with zero attached hydrogens (tertiary/aromatic N) is 3. The van der Waals surface area contributed by atoms with Gasteiger partial charge in [-0.3, -0.25) is 4.79 Å². The molecule has 1 aromatic heterocycles. The zero-order valence-corrected chi connectivity index (χ0v) is 15.3. The van der Waals surface area contributed by atoms with Gasteiger partial charge in [-0.05, 0) is 36.8 Å². The Morgan fingerprint density at radius 2 is 1.85 bits per heavy atom. The summed E-state index contributed by atoms with van der Waals surface area (Å²) in [5.74, 6) is 0.505. The van der Waals surface area contributed by atoms with Crippen molar-refractivity contribution in [2.24, 2.45) is 7.05 Å². The maximum Gasteiger partial charge on any atom is 0.230 e. The fraction of sp³-hybridized carbons (Fsp3) is 0.211. The third kappa shape index (κ3) is 4.29. The van der Waals surface area contributed by atoms with E-state index in [2.05, 4.69) is 15.5 Å². The molecular weight excluding hydrogens is 351 g/mol. The maximum atomic E-state index is 13.1. The molecule has 0 radical (unpaired) electrons. The van der Waals surface area contributed by atoms with Crippen LogP contribution in [-0.4, -0.2) is 26.4 Å². The molecule has 1 amide bonds. The van der Waals surface area contributed by atoms with Gasteiger partial charge >= 0.3 is 0 Å². The van der Waals surface area contributed by atoms with Gasteiger partial charge in [0.25, 0.3) is 0 Å². The monoisotopic (exact) mass is 370 g/mol. The average Bonchev–Trinajstić information content (AvgIpc) is 3.02. The molecule has 0 aliphatic heterocycles. The van der Waals surface area contributed by atoms with Crippen molar-refractivity contribution in [2.75, 3.05) is 5.75 Å². The minimum absolute atomic E-state index is 0.0569. The largest absolute Gasteiger partial charge is 0.349 e. The fourth-order valence-corrected chi connectivity index (χ4v) is 3.25. The number of aromatic nitrogens is 3. The molecule has 0 fully saturated rings. The van der Waals surface area contributed by atoms with Crippen LogP contribution in [-0.2, 0) is 11.8 Å². The highest BCUT2D eigenvalue weighted by Gasteiger charge is 2.14. The van der Waals surface area contributed by atoms with E-state index in [0.29, 0.717) is 11.0 Å². The molecule has 7 heteroatoms. The van der Waals surface area contributed by atoms with E-state index in [1.807, 2.05) is 44.3 Å². The van der Waals surface area contributed by atoms with E-state index < -0.39 is 0 Å². The van der Waals surface area contributed by atoms with Crippen LogP contribution in [0.2, 0.25) is 0 Å². The second-order valence-electron chi connectivity index (χ2n) is 5.86. The van der Waals surface area contributed by atoms with E-state index in [-0.39, 0.29) is 23.5 Å². The topological polar surface area (TPSA) is 59.8 Å². The van der Waals surface area contributed by atoms with Gasteiger partial charge in [-0.1, -0.05) is 42.1 Å². The van der Waals surface area contributed by atoms with Gasteiger partial charge in [-0.15, -0.1) is 10.2 Å². The summed E-state index contributed by atoms with van der Waals surface area (Å²) in [6, 6.07) is 15.8. The molecule has 0 bridgehead atoms. The fourth-order valence-electron chi connectivity index (χ4n) is 2.53. The van der Waals surface area contributed by atoms with Gasteiger partial charge in [0.15, 0.2) is 11.0 Å². The third-order valence-electron chi connectivity index (χ3n) is 3.95. The number of nitrogens with one attached hydrogen (secondary N) is 1. The lowest BCUT2D eigenvalue weighted by molar-refractivity contribution is -0.119. The molecule has 0 unspecified atom stereocenters. The Morgan fingerprint density at radius 3 is 2.54 bits per heavy atom. The Labute approximate surface area is 155 Å². The van der Waals surface area contributed by atoms with E-state index in [0.717, 1.165) is 11.1 Å². The highest BCUT2D eigenvalue weighted by atomic mass is 32.2. The molecule has 26 heavy (non-hydrogen) atoms. The summed E-state index contributed by atoms with van der Waals surface area (Å²) in [6.07, 6.45) is 0. The van der Waals surface area contributed by atoms with Gasteiger partial charge in [0.05, 0.1) is 11.8 Å². The highest BCUT2D eigenvalue weighted by Crippen LogP contribution is 2.23. The van der Waals surface area contributed by atoms with Crippen molar-refractivity contribution >= 4 is 17.7 Å². The number of hydrogen-bond donors (Lipinski definition) is 1. The summed E-state index contributed by atoms with van der Waals surface area (Å²) in [4.78, 5) is 12.2. The summed E-state index contributed by atoms with van der Waals surface area (Å²) in [5, 5.41) is 11.9. The van der Waals surface area contributed by atoms with Crippen molar-refractivity contribution in [3.8, 4) is 11.4 Å². The smallest absolute Gasteiger partial charge is 0.230 e. The van der Waals surface area contributed by atoms with Crippen LogP contribution in [0.1, 0.15) is 18.5 Å². The van der Waals surface area contributed by atoms with Crippen LogP contribution in [0.3, 0.4) is 0 Å². The Kier molecular flexibility index (Phi) is 5.68. The molecule has 0 aliphatic carbocycles. The number of carbonyl (C=O) groups is 1. The first kappa shape index (κ1) is 18.1. The molecule has 134 valence electrons. The SMILES string of the molecule is C[C@@H](NC(=O)CSc1nnc(-c2ccc(F)cc2)n1C)c1ccccc1. The lowest BCUT2D eigenvalue weighted by Gasteiger charge is -2.13. The first-order valence-electron chi connectivity index (χ1n) is 8.17. The molecule has 2 aromatic carbocycles. The average molecular weight is 370 g/mol. The van der Waals surface area contributed by atoms with E-state index in [1.54, 1.807) is 16.7 Å². The third-order valence-corrected chi connectivity index (χ3v) is 4.97. The number of benzene rings is 2. The summed E-state index contributed by atoms with van der Waals surface area (Å²) < 4.78 is 14.9. The molecule has 0 saturated heterocycles.